The molecule has 0 amide bonds. The topological polar surface area (TPSA) is 37.3 Å². The summed E-state index contributed by atoms with van der Waals surface area (Å²) in [5, 5.41) is 11.6. The number of hydrogen-bond donors (Lipinski definition) is 1. The van der Waals surface area contributed by atoms with Crippen molar-refractivity contribution in [3.05, 3.63) is 83.9 Å². The third-order valence-corrected chi connectivity index (χ3v) is 3.40. The van der Waals surface area contributed by atoms with Crippen LogP contribution in [0.5, 0.6) is 0 Å². The minimum atomic E-state index is -0.922. The first-order chi connectivity index (χ1) is 10.2. The van der Waals surface area contributed by atoms with Crippen molar-refractivity contribution < 1.29 is 9.90 Å². The van der Waals surface area contributed by atoms with Gasteiger partial charge in [0.15, 0.2) is 0 Å². The maximum absolute atomic E-state index is 11.6. The van der Waals surface area contributed by atoms with Crippen LogP contribution in [0.1, 0.15) is 11.1 Å². The Hall–Kier alpha value is -2.87. The van der Waals surface area contributed by atoms with Gasteiger partial charge in [0.1, 0.15) is 0 Å². The fraction of sp³-hybridized carbons (Fsp3) is 0. The van der Waals surface area contributed by atoms with Crippen LogP contribution >= 0.6 is 0 Å². The highest BCUT2D eigenvalue weighted by molar-refractivity contribution is 6.21. The molecule has 0 aliphatic carbocycles. The second-order valence-corrected chi connectivity index (χ2v) is 4.84. The van der Waals surface area contributed by atoms with Crippen LogP contribution in [0, 0.1) is 0 Å². The summed E-state index contributed by atoms with van der Waals surface area (Å²) in [5.74, 6) is -0.922. The molecule has 0 aliphatic rings. The van der Waals surface area contributed by atoms with Gasteiger partial charge >= 0.3 is 5.97 Å². The van der Waals surface area contributed by atoms with E-state index in [0.29, 0.717) is 11.1 Å². The number of fused-ring (bicyclic) bond motifs is 1. The minimum absolute atomic E-state index is 0.298. The van der Waals surface area contributed by atoms with E-state index < -0.39 is 5.97 Å². The minimum Gasteiger partial charge on any atom is -0.478 e. The van der Waals surface area contributed by atoms with E-state index in [1.54, 1.807) is 6.08 Å². The first kappa shape index (κ1) is 13.1. The highest BCUT2D eigenvalue weighted by atomic mass is 16.4. The molecule has 0 heterocycles. The van der Waals surface area contributed by atoms with Gasteiger partial charge in [0.2, 0.25) is 0 Å². The summed E-state index contributed by atoms with van der Waals surface area (Å²) in [6, 6.07) is 23.1. The zero-order valence-electron chi connectivity index (χ0n) is 11.4. The van der Waals surface area contributed by atoms with Gasteiger partial charge in [-0.15, -0.1) is 0 Å². The van der Waals surface area contributed by atoms with Gasteiger partial charge in [-0.25, -0.2) is 4.79 Å². The lowest BCUT2D eigenvalue weighted by Crippen LogP contribution is -1.99. The first-order valence-electron chi connectivity index (χ1n) is 6.73. The van der Waals surface area contributed by atoms with E-state index in [9.17, 15) is 9.90 Å². The number of carbonyl (C=O) groups is 1. The maximum Gasteiger partial charge on any atom is 0.336 e. The molecule has 1 N–H and O–H groups in total. The Morgan fingerprint density at radius 1 is 0.810 bits per heavy atom. The number of carboxylic acid groups (broad SMARTS) is 1. The number of benzene rings is 3. The monoisotopic (exact) mass is 274 g/mol. The van der Waals surface area contributed by atoms with Crippen LogP contribution in [0.15, 0.2) is 72.8 Å². The second kappa shape index (κ2) is 5.63. The number of rotatable bonds is 3. The molecule has 0 aromatic heterocycles. The zero-order chi connectivity index (χ0) is 14.7. The Morgan fingerprint density at radius 2 is 1.48 bits per heavy atom. The van der Waals surface area contributed by atoms with Crippen molar-refractivity contribution in [2.24, 2.45) is 0 Å². The second-order valence-electron chi connectivity index (χ2n) is 4.84. The Bertz CT molecular complexity index is 817. The molecule has 102 valence electrons. The summed E-state index contributed by atoms with van der Waals surface area (Å²) in [4.78, 5) is 11.6. The van der Waals surface area contributed by atoms with Gasteiger partial charge in [0.25, 0.3) is 0 Å². The molecule has 0 unspecified atom stereocenters. The molecule has 0 bridgehead atoms. The van der Waals surface area contributed by atoms with Crippen molar-refractivity contribution >= 4 is 28.4 Å². The highest BCUT2D eigenvalue weighted by Crippen LogP contribution is 2.23. The molecular weight excluding hydrogens is 260 g/mol. The van der Waals surface area contributed by atoms with Crippen molar-refractivity contribution in [1.29, 1.82) is 0 Å². The fourth-order valence-electron chi connectivity index (χ4n) is 2.34. The van der Waals surface area contributed by atoms with Crippen LogP contribution in [0.25, 0.3) is 22.4 Å². The molecule has 21 heavy (non-hydrogen) atoms. The molecule has 0 radical (unpaired) electrons. The molecule has 0 fully saturated rings. The van der Waals surface area contributed by atoms with Crippen LogP contribution in [0.4, 0.5) is 0 Å². The van der Waals surface area contributed by atoms with Crippen molar-refractivity contribution in [3.8, 4) is 0 Å². The lowest BCUT2D eigenvalue weighted by molar-refractivity contribution is -0.130. The van der Waals surface area contributed by atoms with Crippen LogP contribution in [-0.4, -0.2) is 11.1 Å². The van der Waals surface area contributed by atoms with E-state index in [2.05, 4.69) is 0 Å². The highest BCUT2D eigenvalue weighted by Gasteiger charge is 2.10. The SMILES string of the molecule is O=C(O)/C(=C/c1ccccc1)c1ccc2ccccc2c1. The van der Waals surface area contributed by atoms with Gasteiger partial charge in [-0.2, -0.15) is 0 Å². The molecule has 2 nitrogen and oxygen atoms in total. The van der Waals surface area contributed by atoms with Gasteiger partial charge < -0.3 is 5.11 Å². The maximum atomic E-state index is 11.6. The molecule has 3 aromatic rings. The van der Waals surface area contributed by atoms with Gasteiger partial charge in [0.05, 0.1) is 5.57 Å². The average Bonchev–Trinajstić information content (AvgIpc) is 2.53. The Balaban J connectivity index is 2.11. The molecule has 0 saturated carbocycles. The summed E-state index contributed by atoms with van der Waals surface area (Å²) >= 11 is 0. The standard InChI is InChI=1S/C19H14O2/c20-19(21)18(12-14-6-2-1-3-7-14)17-11-10-15-8-4-5-9-16(15)13-17/h1-13H,(H,20,21)/b18-12+. The van der Waals surface area contributed by atoms with E-state index in [1.807, 2.05) is 72.8 Å². The average molecular weight is 274 g/mol. The van der Waals surface area contributed by atoms with Crippen LogP contribution < -0.4 is 0 Å². The molecule has 3 aromatic carbocycles. The Morgan fingerprint density at radius 3 is 2.19 bits per heavy atom. The summed E-state index contributed by atoms with van der Waals surface area (Å²) in [6.07, 6.45) is 1.70. The normalized spacial score (nSPS) is 11.5. The van der Waals surface area contributed by atoms with Gasteiger partial charge in [0, 0.05) is 0 Å². The molecule has 0 saturated heterocycles. The summed E-state index contributed by atoms with van der Waals surface area (Å²) in [7, 11) is 0. The number of aliphatic carboxylic acids is 1. The largest absolute Gasteiger partial charge is 0.478 e. The van der Waals surface area contributed by atoms with Gasteiger partial charge in [-0.3, -0.25) is 0 Å². The molecule has 2 heteroatoms. The van der Waals surface area contributed by atoms with E-state index >= 15 is 0 Å². The Kier molecular flexibility index (Phi) is 3.52. The molecule has 0 spiro atoms. The predicted molar refractivity (Wildman–Crippen MR) is 85.9 cm³/mol. The van der Waals surface area contributed by atoms with Crippen LogP contribution in [0.2, 0.25) is 0 Å². The van der Waals surface area contributed by atoms with Crippen molar-refractivity contribution in [2.75, 3.05) is 0 Å². The molecule has 0 aliphatic heterocycles. The number of carboxylic acids is 1. The van der Waals surface area contributed by atoms with Crippen LogP contribution in [-0.2, 0) is 4.79 Å². The zero-order valence-corrected chi connectivity index (χ0v) is 11.4. The lowest BCUT2D eigenvalue weighted by atomic mass is 9.99. The van der Waals surface area contributed by atoms with E-state index in [1.165, 1.54) is 0 Å². The molecular formula is C19H14O2. The van der Waals surface area contributed by atoms with Gasteiger partial charge in [-0.1, -0.05) is 66.7 Å². The third kappa shape index (κ3) is 2.84. The quantitative estimate of drug-likeness (QED) is 0.565. The first-order valence-corrected chi connectivity index (χ1v) is 6.73. The fourth-order valence-corrected chi connectivity index (χ4v) is 2.34. The smallest absolute Gasteiger partial charge is 0.336 e. The van der Waals surface area contributed by atoms with E-state index in [-0.39, 0.29) is 0 Å². The Labute approximate surface area is 123 Å². The summed E-state index contributed by atoms with van der Waals surface area (Å²) < 4.78 is 0. The van der Waals surface area contributed by atoms with Crippen molar-refractivity contribution in [1.82, 2.24) is 0 Å². The lowest BCUT2D eigenvalue weighted by Gasteiger charge is -2.05. The molecule has 3 rings (SSSR count). The van der Waals surface area contributed by atoms with Crippen molar-refractivity contribution in [2.45, 2.75) is 0 Å². The van der Waals surface area contributed by atoms with E-state index in [4.69, 9.17) is 0 Å². The molecule has 0 atom stereocenters. The van der Waals surface area contributed by atoms with Gasteiger partial charge in [-0.05, 0) is 34.0 Å². The number of hydrogen-bond acceptors (Lipinski definition) is 1. The predicted octanol–water partition coefficient (Wildman–Crippen LogP) is 4.47. The van der Waals surface area contributed by atoms with Crippen molar-refractivity contribution in [3.63, 3.8) is 0 Å². The summed E-state index contributed by atoms with van der Waals surface area (Å²) in [6.45, 7) is 0. The van der Waals surface area contributed by atoms with Crippen LogP contribution in [0.3, 0.4) is 0 Å². The van der Waals surface area contributed by atoms with E-state index in [0.717, 1.165) is 16.3 Å². The third-order valence-electron chi connectivity index (χ3n) is 3.40. The summed E-state index contributed by atoms with van der Waals surface area (Å²) in [5.41, 5.74) is 1.89.